The van der Waals surface area contributed by atoms with Gasteiger partial charge >= 0.3 is 5.97 Å². The number of ether oxygens (including phenoxy) is 3. The van der Waals surface area contributed by atoms with Crippen molar-refractivity contribution in [2.24, 2.45) is 5.92 Å². The Morgan fingerprint density at radius 1 is 1.13 bits per heavy atom. The van der Waals surface area contributed by atoms with E-state index in [1.807, 2.05) is 49.4 Å². The Labute approximate surface area is 264 Å². The minimum Gasteiger partial charge on any atom is -0.493 e. The molecule has 2 aromatic carbocycles. The Kier molecular flexibility index (Phi) is 8.08. The maximum Gasteiger partial charge on any atom is 0.347 e. The zero-order chi connectivity index (χ0) is 31.9. The molecule has 2 aliphatic carbocycles. The lowest BCUT2D eigenvalue weighted by atomic mass is 9.88. The van der Waals surface area contributed by atoms with Crippen molar-refractivity contribution in [1.82, 2.24) is 9.55 Å². The Hall–Kier alpha value is -4.72. The summed E-state index contributed by atoms with van der Waals surface area (Å²) in [4.78, 5) is 16.6. The highest BCUT2D eigenvalue weighted by molar-refractivity contribution is 5.81. The van der Waals surface area contributed by atoms with Gasteiger partial charge in [0, 0.05) is 40.5 Å². The number of allylic oxidation sites excluding steroid dienone is 2. The van der Waals surface area contributed by atoms with Crippen LogP contribution in [0.25, 0.3) is 23.3 Å². The van der Waals surface area contributed by atoms with E-state index in [-0.39, 0.29) is 12.5 Å². The summed E-state index contributed by atoms with van der Waals surface area (Å²) in [5.41, 5.74) is 5.91. The molecule has 8 nitrogen and oxygen atoms in total. The molecule has 0 radical (unpaired) electrons. The molecule has 0 fully saturated rings. The summed E-state index contributed by atoms with van der Waals surface area (Å²) in [5.74, 6) is 2.69. The zero-order valence-electron chi connectivity index (χ0n) is 26.7. The predicted molar refractivity (Wildman–Crippen MR) is 173 cm³/mol. The molecule has 0 saturated heterocycles. The van der Waals surface area contributed by atoms with Gasteiger partial charge in [-0.1, -0.05) is 50.3 Å². The number of aliphatic carboxylic acids is 1. The summed E-state index contributed by atoms with van der Waals surface area (Å²) < 4.78 is 26.5. The van der Waals surface area contributed by atoms with E-state index in [0.29, 0.717) is 41.4 Å². The van der Waals surface area contributed by atoms with Crippen LogP contribution < -0.4 is 9.47 Å². The topological polar surface area (TPSA) is 96.0 Å². The maximum atomic E-state index is 12.0. The van der Waals surface area contributed by atoms with Gasteiger partial charge in [0.2, 0.25) is 5.89 Å². The van der Waals surface area contributed by atoms with Crippen LogP contribution in [0.4, 0.5) is 0 Å². The highest BCUT2D eigenvalue weighted by Gasteiger charge is 2.37. The molecule has 0 spiro atoms. The van der Waals surface area contributed by atoms with Crippen LogP contribution in [0.2, 0.25) is 0 Å². The number of hydrogen-bond acceptors (Lipinski definition) is 6. The molecule has 8 heteroatoms. The van der Waals surface area contributed by atoms with Crippen LogP contribution in [0.1, 0.15) is 79.6 Å². The third-order valence-corrected chi connectivity index (χ3v) is 8.62. The number of rotatable bonds is 10. The van der Waals surface area contributed by atoms with Crippen LogP contribution >= 0.6 is 0 Å². The molecule has 0 bridgehead atoms. The Morgan fingerprint density at radius 3 is 2.64 bits per heavy atom. The summed E-state index contributed by atoms with van der Waals surface area (Å²) in [7, 11) is 1.65. The van der Waals surface area contributed by atoms with Gasteiger partial charge in [0.25, 0.3) is 0 Å². The van der Waals surface area contributed by atoms with Crippen molar-refractivity contribution in [3.8, 4) is 23.0 Å². The van der Waals surface area contributed by atoms with Crippen molar-refractivity contribution in [2.75, 3.05) is 7.11 Å². The predicted octanol–water partition coefficient (Wildman–Crippen LogP) is 8.02. The number of hydrogen-bond donors (Lipinski definition) is 1. The number of carboxylic acid groups (broad SMARTS) is 1. The van der Waals surface area contributed by atoms with Gasteiger partial charge in [0.15, 0.2) is 17.1 Å². The van der Waals surface area contributed by atoms with Gasteiger partial charge in [-0.05, 0) is 75.4 Å². The van der Waals surface area contributed by atoms with E-state index in [4.69, 9.17) is 18.6 Å². The van der Waals surface area contributed by atoms with Crippen molar-refractivity contribution in [2.45, 2.75) is 72.1 Å². The average Bonchev–Trinajstić information content (AvgIpc) is 3.54. The fourth-order valence-corrected chi connectivity index (χ4v) is 6.21. The number of methoxy groups -OCH3 is 1. The van der Waals surface area contributed by atoms with Crippen LogP contribution in [-0.2, 0) is 29.1 Å². The van der Waals surface area contributed by atoms with Crippen molar-refractivity contribution in [3.63, 3.8) is 0 Å². The van der Waals surface area contributed by atoms with E-state index >= 15 is 0 Å². The third kappa shape index (κ3) is 5.89. The van der Waals surface area contributed by atoms with Gasteiger partial charge in [-0.3, -0.25) is 0 Å². The fraction of sp³-hybridized carbons (Fsp3) is 0.351. The van der Waals surface area contributed by atoms with Crippen LogP contribution in [-0.4, -0.2) is 33.3 Å². The minimum absolute atomic E-state index is 0.194. The highest BCUT2D eigenvalue weighted by Crippen LogP contribution is 2.44. The largest absolute Gasteiger partial charge is 0.493 e. The molecule has 4 aromatic rings. The summed E-state index contributed by atoms with van der Waals surface area (Å²) >= 11 is 0. The molecule has 0 aliphatic heterocycles. The molecule has 2 aromatic heterocycles. The number of carbonyl (C=O) groups is 1. The smallest absolute Gasteiger partial charge is 0.347 e. The van der Waals surface area contributed by atoms with Gasteiger partial charge in [-0.25, -0.2) is 9.78 Å². The SMILES string of the molecule is COc1cc(Cn2c3c(c4c2C(C)CC=C4)C(OC(C)(C)C(=O)O)=CC(C)C3)ccc1OCc1nc(-c2ccccc2)oc1C. The van der Waals surface area contributed by atoms with Crippen molar-refractivity contribution in [1.29, 1.82) is 0 Å². The van der Waals surface area contributed by atoms with Crippen LogP contribution in [0.3, 0.4) is 0 Å². The first-order valence-corrected chi connectivity index (χ1v) is 15.4. The average molecular weight is 609 g/mol. The molecular weight excluding hydrogens is 568 g/mol. The van der Waals surface area contributed by atoms with E-state index in [1.165, 1.54) is 11.4 Å². The lowest BCUT2D eigenvalue weighted by molar-refractivity contribution is -0.154. The van der Waals surface area contributed by atoms with E-state index in [1.54, 1.807) is 21.0 Å². The molecule has 234 valence electrons. The van der Waals surface area contributed by atoms with Gasteiger partial charge in [-0.2, -0.15) is 0 Å². The summed E-state index contributed by atoms with van der Waals surface area (Å²) in [6.45, 7) is 10.4. The molecular formula is C37H40N2O6. The standard InChI is InChI=1S/C37H40N2O6/c1-22-17-29-33(32(18-22)45-37(4,5)36(40)41)27-14-10-11-23(2)34(27)39(29)20-25-15-16-30(31(19-25)42-6)43-21-28-24(3)44-35(38-28)26-12-8-7-9-13-26/h7-10,12-16,18-19,22-23H,11,17,20-21H2,1-6H3,(H,40,41). The quantitative estimate of drug-likeness (QED) is 0.195. The molecule has 2 unspecified atom stereocenters. The van der Waals surface area contributed by atoms with E-state index < -0.39 is 11.6 Å². The highest BCUT2D eigenvalue weighted by atomic mass is 16.5. The first kappa shape index (κ1) is 30.3. The second kappa shape index (κ2) is 12.0. The molecule has 0 saturated carbocycles. The van der Waals surface area contributed by atoms with Crippen molar-refractivity contribution >= 4 is 17.8 Å². The van der Waals surface area contributed by atoms with Gasteiger partial charge in [0.1, 0.15) is 23.8 Å². The van der Waals surface area contributed by atoms with Crippen LogP contribution in [0.5, 0.6) is 11.5 Å². The number of aryl methyl sites for hydroxylation is 1. The van der Waals surface area contributed by atoms with Gasteiger partial charge in [0.05, 0.1) is 7.11 Å². The molecule has 2 aliphatic rings. The number of fused-ring (bicyclic) bond motifs is 3. The fourth-order valence-electron chi connectivity index (χ4n) is 6.21. The second-order valence-corrected chi connectivity index (χ2v) is 12.5. The lowest BCUT2D eigenvalue weighted by Gasteiger charge is -2.28. The van der Waals surface area contributed by atoms with E-state index in [2.05, 4.69) is 47.7 Å². The Balaban J connectivity index is 1.29. The van der Waals surface area contributed by atoms with E-state index in [0.717, 1.165) is 40.8 Å². The number of aromatic nitrogens is 2. The molecule has 0 amide bonds. The molecule has 1 N–H and O–H groups in total. The second-order valence-electron chi connectivity index (χ2n) is 12.5. The molecule has 2 atom stereocenters. The lowest BCUT2D eigenvalue weighted by Crippen LogP contribution is -2.34. The summed E-state index contributed by atoms with van der Waals surface area (Å²) in [6, 6.07) is 15.8. The Morgan fingerprint density at radius 2 is 1.91 bits per heavy atom. The number of oxazole rings is 1. The summed E-state index contributed by atoms with van der Waals surface area (Å²) in [5, 5.41) is 9.80. The first-order valence-electron chi connectivity index (χ1n) is 15.4. The molecule has 45 heavy (non-hydrogen) atoms. The molecule has 2 heterocycles. The zero-order valence-corrected chi connectivity index (χ0v) is 26.7. The van der Waals surface area contributed by atoms with Gasteiger partial charge < -0.3 is 28.3 Å². The van der Waals surface area contributed by atoms with Crippen LogP contribution in [0, 0.1) is 12.8 Å². The first-order chi connectivity index (χ1) is 21.6. The number of nitrogens with zero attached hydrogens (tertiary/aromatic N) is 2. The van der Waals surface area contributed by atoms with Gasteiger partial charge in [-0.15, -0.1) is 0 Å². The number of carboxylic acids is 1. The normalized spacial score (nSPS) is 17.3. The van der Waals surface area contributed by atoms with Crippen molar-refractivity contribution < 1.29 is 28.5 Å². The monoisotopic (exact) mass is 608 g/mol. The molecule has 6 rings (SSSR count). The minimum atomic E-state index is -1.35. The van der Waals surface area contributed by atoms with Crippen LogP contribution in [0.15, 0.2) is 65.1 Å². The van der Waals surface area contributed by atoms with Crippen molar-refractivity contribution in [3.05, 3.63) is 100 Å². The summed E-state index contributed by atoms with van der Waals surface area (Å²) in [6.07, 6.45) is 8.21. The number of benzene rings is 2. The maximum absolute atomic E-state index is 12.0. The van der Waals surface area contributed by atoms with E-state index in [9.17, 15) is 9.90 Å². The Bertz CT molecular complexity index is 1790. The third-order valence-electron chi connectivity index (χ3n) is 8.62.